The van der Waals surface area contributed by atoms with Crippen molar-refractivity contribution < 1.29 is 8.42 Å². The molecule has 4 aromatic rings. The molecule has 0 aromatic heterocycles. The second-order valence-electron chi connectivity index (χ2n) is 7.73. The molecule has 0 atom stereocenters. The van der Waals surface area contributed by atoms with E-state index in [2.05, 4.69) is 41.3 Å². The summed E-state index contributed by atoms with van der Waals surface area (Å²) < 4.78 is 27.2. The largest absolute Gasteiger partial charge is 0.309 e. The predicted molar refractivity (Wildman–Crippen MR) is 123 cm³/mol. The minimum absolute atomic E-state index is 0.0674. The SMILES string of the molecule is O=S1(=O)c2ccccc2N2c3ccccc3B3Sc4ccccc4-c4ccc1c2c43. The fourth-order valence-electron chi connectivity index (χ4n) is 5.00. The summed E-state index contributed by atoms with van der Waals surface area (Å²) in [4.78, 5) is 4.16. The van der Waals surface area contributed by atoms with Crippen LogP contribution < -0.4 is 15.8 Å². The highest BCUT2D eigenvalue weighted by molar-refractivity contribution is 8.28. The predicted octanol–water partition coefficient (Wildman–Crippen LogP) is 4.49. The van der Waals surface area contributed by atoms with Gasteiger partial charge in [0.05, 0.1) is 21.2 Å². The number of rotatable bonds is 0. The first-order valence-electron chi connectivity index (χ1n) is 9.82. The monoisotopic (exact) mass is 423 g/mol. The van der Waals surface area contributed by atoms with E-state index in [0.29, 0.717) is 9.79 Å². The van der Waals surface area contributed by atoms with Gasteiger partial charge in [0.1, 0.15) is 0 Å². The Hall–Kier alpha value is -2.96. The van der Waals surface area contributed by atoms with E-state index in [4.69, 9.17) is 0 Å². The zero-order chi connectivity index (χ0) is 20.0. The Morgan fingerprint density at radius 1 is 0.700 bits per heavy atom. The molecular weight excluding hydrogens is 409 g/mol. The van der Waals surface area contributed by atoms with Gasteiger partial charge >= 0.3 is 0 Å². The van der Waals surface area contributed by atoms with Gasteiger partial charge in [-0.3, -0.25) is 0 Å². The van der Waals surface area contributed by atoms with Gasteiger partial charge < -0.3 is 4.90 Å². The normalized spacial score (nSPS) is 16.3. The summed E-state index contributed by atoms with van der Waals surface area (Å²) in [5, 5.41) is 0. The van der Waals surface area contributed by atoms with E-state index >= 15 is 0 Å². The summed E-state index contributed by atoms with van der Waals surface area (Å²) in [6.45, 7) is 0. The molecule has 0 spiro atoms. The van der Waals surface area contributed by atoms with Gasteiger partial charge in [-0.15, -0.1) is 0 Å². The van der Waals surface area contributed by atoms with Crippen LogP contribution in [0, 0.1) is 0 Å². The van der Waals surface area contributed by atoms with Crippen molar-refractivity contribution in [3.63, 3.8) is 0 Å². The lowest BCUT2D eigenvalue weighted by Crippen LogP contribution is -2.51. The Morgan fingerprint density at radius 2 is 1.43 bits per heavy atom. The summed E-state index contributed by atoms with van der Waals surface area (Å²) in [5.41, 5.74) is 7.23. The number of fused-ring (bicyclic) bond motifs is 7. The van der Waals surface area contributed by atoms with Crippen molar-refractivity contribution >= 4 is 55.4 Å². The number of hydrogen-bond acceptors (Lipinski definition) is 4. The molecule has 0 radical (unpaired) electrons. The Balaban J connectivity index is 1.69. The number of nitrogens with zero attached hydrogens (tertiary/aromatic N) is 1. The third-order valence-electron chi connectivity index (χ3n) is 6.23. The second kappa shape index (κ2) is 5.59. The number of benzene rings is 4. The van der Waals surface area contributed by atoms with E-state index in [1.54, 1.807) is 18.2 Å². The molecule has 3 nitrogen and oxygen atoms in total. The minimum atomic E-state index is -3.59. The maximum atomic E-state index is 13.6. The molecule has 0 N–H and O–H groups in total. The van der Waals surface area contributed by atoms with Gasteiger partial charge in [0, 0.05) is 10.6 Å². The Kier molecular flexibility index (Phi) is 3.13. The Morgan fingerprint density at radius 3 is 2.33 bits per heavy atom. The molecule has 0 bridgehead atoms. The topological polar surface area (TPSA) is 37.4 Å². The average molecular weight is 423 g/mol. The van der Waals surface area contributed by atoms with E-state index in [-0.39, 0.29) is 5.99 Å². The molecular formula is C24H14BNO2S2. The highest BCUT2D eigenvalue weighted by Crippen LogP contribution is 2.52. The fourth-order valence-corrected chi connectivity index (χ4v) is 8.03. The van der Waals surface area contributed by atoms with Crippen LogP contribution in [-0.2, 0) is 9.84 Å². The van der Waals surface area contributed by atoms with E-state index in [1.165, 1.54) is 15.9 Å². The van der Waals surface area contributed by atoms with Crippen LogP contribution in [0.3, 0.4) is 0 Å². The van der Waals surface area contributed by atoms with Crippen molar-refractivity contribution in [1.82, 2.24) is 0 Å². The lowest BCUT2D eigenvalue weighted by atomic mass is 9.56. The van der Waals surface area contributed by atoms with Crippen molar-refractivity contribution in [2.75, 3.05) is 4.90 Å². The van der Waals surface area contributed by atoms with Crippen LogP contribution in [0.15, 0.2) is 99.6 Å². The van der Waals surface area contributed by atoms with Gasteiger partial charge in [-0.1, -0.05) is 54.6 Å². The smallest absolute Gasteiger partial charge is 0.285 e. The van der Waals surface area contributed by atoms with Gasteiger partial charge in [0.15, 0.2) is 0 Å². The standard InChI is InChI=1S/C24H14BNO2S2/c27-30(28)21-12-6-4-10-19(21)26-18-9-3-2-8-17(18)25-23-16(13-14-22(30)24(23)26)15-7-1-5-11-20(15)29-25/h1-14H. The van der Waals surface area contributed by atoms with Gasteiger partial charge in [0.2, 0.25) is 9.84 Å². The third-order valence-corrected chi connectivity index (χ3v) is 9.40. The van der Waals surface area contributed by atoms with Gasteiger partial charge in [-0.05, 0) is 52.4 Å². The molecule has 0 amide bonds. The molecule has 142 valence electrons. The van der Waals surface area contributed by atoms with E-state index in [9.17, 15) is 8.42 Å². The quantitative estimate of drug-likeness (QED) is 0.344. The molecule has 0 aliphatic carbocycles. The maximum Gasteiger partial charge on any atom is 0.285 e. The van der Waals surface area contributed by atoms with Crippen molar-refractivity contribution in [3.05, 3.63) is 84.9 Å². The minimum Gasteiger partial charge on any atom is -0.309 e. The van der Waals surface area contributed by atoms with Crippen molar-refractivity contribution in [3.8, 4) is 11.1 Å². The lowest BCUT2D eigenvalue weighted by Gasteiger charge is -2.43. The van der Waals surface area contributed by atoms with Crippen LogP contribution in [-0.4, -0.2) is 14.4 Å². The number of anilines is 3. The van der Waals surface area contributed by atoms with Crippen LogP contribution in [0.5, 0.6) is 0 Å². The lowest BCUT2D eigenvalue weighted by molar-refractivity contribution is 0.595. The molecule has 3 aliphatic heterocycles. The first-order chi connectivity index (χ1) is 14.7. The molecule has 3 heterocycles. The number of sulfone groups is 1. The van der Waals surface area contributed by atoms with Crippen LogP contribution in [0.1, 0.15) is 0 Å². The van der Waals surface area contributed by atoms with Crippen LogP contribution in [0.4, 0.5) is 17.1 Å². The van der Waals surface area contributed by atoms with Crippen LogP contribution in [0.25, 0.3) is 11.1 Å². The molecule has 0 fully saturated rings. The van der Waals surface area contributed by atoms with E-state index < -0.39 is 9.84 Å². The average Bonchev–Trinajstić information content (AvgIpc) is 2.79. The summed E-state index contributed by atoms with van der Waals surface area (Å²) in [5.74, 6) is 0.0674. The maximum absolute atomic E-state index is 13.6. The third kappa shape index (κ3) is 1.91. The number of hydrogen-bond donors (Lipinski definition) is 0. The van der Waals surface area contributed by atoms with Gasteiger partial charge in [0.25, 0.3) is 5.99 Å². The van der Waals surface area contributed by atoms with Crippen molar-refractivity contribution in [1.29, 1.82) is 0 Å². The molecule has 6 heteroatoms. The summed E-state index contributed by atoms with van der Waals surface area (Å²) in [6, 6.07) is 27.9. The first-order valence-corrected chi connectivity index (χ1v) is 12.2. The Bertz CT molecular complexity index is 1510. The molecule has 0 saturated heterocycles. The van der Waals surface area contributed by atoms with Crippen molar-refractivity contribution in [2.45, 2.75) is 14.7 Å². The van der Waals surface area contributed by atoms with Crippen molar-refractivity contribution in [2.24, 2.45) is 0 Å². The molecule has 4 aromatic carbocycles. The molecule has 0 unspecified atom stereocenters. The fraction of sp³-hybridized carbons (Fsp3) is 0. The van der Waals surface area contributed by atoms with E-state index in [0.717, 1.165) is 28.1 Å². The zero-order valence-electron chi connectivity index (χ0n) is 15.7. The first kappa shape index (κ1) is 16.8. The summed E-state index contributed by atoms with van der Waals surface area (Å²) in [7, 11) is -3.59. The molecule has 7 rings (SSSR count). The molecule has 3 aliphatic rings. The Labute approximate surface area is 179 Å². The summed E-state index contributed by atoms with van der Waals surface area (Å²) >= 11 is 1.81. The van der Waals surface area contributed by atoms with Crippen LogP contribution in [0.2, 0.25) is 0 Å². The molecule has 30 heavy (non-hydrogen) atoms. The summed E-state index contributed by atoms with van der Waals surface area (Å²) in [6.07, 6.45) is 0. The van der Waals surface area contributed by atoms with Gasteiger partial charge in [-0.2, -0.15) is 11.6 Å². The highest BCUT2D eigenvalue weighted by Gasteiger charge is 2.46. The number of para-hydroxylation sites is 2. The van der Waals surface area contributed by atoms with E-state index in [1.807, 2.05) is 41.9 Å². The highest BCUT2D eigenvalue weighted by atomic mass is 32.2. The van der Waals surface area contributed by atoms with Crippen LogP contribution >= 0.6 is 11.6 Å². The molecule has 0 saturated carbocycles. The zero-order valence-corrected chi connectivity index (χ0v) is 17.4. The second-order valence-corrected chi connectivity index (χ2v) is 10.8. The van der Waals surface area contributed by atoms with Gasteiger partial charge in [-0.25, -0.2) is 8.42 Å².